The van der Waals surface area contributed by atoms with E-state index in [0.29, 0.717) is 44.6 Å². The number of rotatable bonds is 5. The van der Waals surface area contributed by atoms with Crippen LogP contribution in [0, 0.1) is 11.3 Å². The molecule has 3 N–H and O–H groups in total. The van der Waals surface area contributed by atoms with Crippen molar-refractivity contribution in [3.05, 3.63) is 65.2 Å². The molecular weight excluding hydrogens is 380 g/mol. The van der Waals surface area contributed by atoms with Gasteiger partial charge in [0.25, 0.3) is 5.91 Å². The van der Waals surface area contributed by atoms with Crippen molar-refractivity contribution >= 4 is 17.5 Å². The number of amides is 2. The molecule has 1 atom stereocenters. The topological polar surface area (TPSA) is 108 Å². The monoisotopic (exact) mass is 404 g/mol. The van der Waals surface area contributed by atoms with Crippen molar-refractivity contribution in [2.45, 2.75) is 37.4 Å². The summed E-state index contributed by atoms with van der Waals surface area (Å²) in [7, 11) is 0. The third-order valence-corrected chi connectivity index (χ3v) is 5.78. The Kier molecular flexibility index (Phi) is 5.53. The number of carbonyl (C=O) groups excluding carboxylic acids is 2. The van der Waals surface area contributed by atoms with Crippen LogP contribution in [0.2, 0.25) is 0 Å². The number of para-hydroxylation sites is 1. The van der Waals surface area contributed by atoms with Crippen molar-refractivity contribution in [1.29, 1.82) is 5.26 Å². The Bertz CT molecular complexity index is 993. The van der Waals surface area contributed by atoms with Crippen LogP contribution >= 0.6 is 0 Å². The standard InChI is InChI=1S/C23H24N4O3/c24-14-18(26-22(29)23(25)8-10-30-11-9-23)12-16-6-7-17-15-27(21(28)20(17)13-16)19-4-2-1-3-5-19/h1-7,13,18H,8-12,15,25H2,(H,26,29)/t18-/m0/s1. The molecule has 0 spiro atoms. The fourth-order valence-corrected chi connectivity index (χ4v) is 3.92. The number of nitriles is 1. The molecule has 0 aliphatic carbocycles. The van der Waals surface area contributed by atoms with Gasteiger partial charge in [-0.3, -0.25) is 9.59 Å². The summed E-state index contributed by atoms with van der Waals surface area (Å²) in [4.78, 5) is 27.2. The van der Waals surface area contributed by atoms with E-state index < -0.39 is 11.6 Å². The number of hydrogen-bond donors (Lipinski definition) is 2. The van der Waals surface area contributed by atoms with Crippen molar-refractivity contribution in [3.8, 4) is 6.07 Å². The summed E-state index contributed by atoms with van der Waals surface area (Å²) in [5.41, 5.74) is 8.47. The van der Waals surface area contributed by atoms with Crippen LogP contribution in [0.5, 0.6) is 0 Å². The number of hydrogen-bond acceptors (Lipinski definition) is 5. The van der Waals surface area contributed by atoms with Gasteiger partial charge in [0.05, 0.1) is 18.2 Å². The number of nitrogens with one attached hydrogen (secondary N) is 1. The minimum absolute atomic E-state index is 0.0568. The number of benzene rings is 2. The molecule has 1 saturated heterocycles. The molecule has 0 aromatic heterocycles. The molecule has 2 aromatic rings. The largest absolute Gasteiger partial charge is 0.381 e. The van der Waals surface area contributed by atoms with Crippen molar-refractivity contribution in [2.75, 3.05) is 18.1 Å². The maximum absolute atomic E-state index is 12.9. The molecule has 0 unspecified atom stereocenters. The van der Waals surface area contributed by atoms with Crippen molar-refractivity contribution in [1.82, 2.24) is 5.32 Å². The van der Waals surface area contributed by atoms with Crippen molar-refractivity contribution in [3.63, 3.8) is 0 Å². The number of nitrogens with two attached hydrogens (primary N) is 1. The van der Waals surface area contributed by atoms with Crippen LogP contribution in [0.25, 0.3) is 0 Å². The van der Waals surface area contributed by atoms with Gasteiger partial charge in [-0.2, -0.15) is 5.26 Å². The van der Waals surface area contributed by atoms with Gasteiger partial charge >= 0.3 is 0 Å². The number of fused-ring (bicyclic) bond motifs is 1. The SMILES string of the molecule is N#C[C@H](Cc1ccc2c(c1)C(=O)N(c1ccccc1)C2)NC(=O)C1(N)CCOCC1. The lowest BCUT2D eigenvalue weighted by Gasteiger charge is -2.32. The fourth-order valence-electron chi connectivity index (χ4n) is 3.92. The van der Waals surface area contributed by atoms with Crippen LogP contribution < -0.4 is 16.0 Å². The van der Waals surface area contributed by atoms with Gasteiger partial charge in [-0.25, -0.2) is 0 Å². The van der Waals surface area contributed by atoms with Crippen LogP contribution in [-0.2, 0) is 22.5 Å². The molecular formula is C23H24N4O3. The molecule has 0 bridgehead atoms. The normalized spacial score (nSPS) is 18.4. The van der Waals surface area contributed by atoms with Crippen molar-refractivity contribution in [2.24, 2.45) is 5.73 Å². The highest BCUT2D eigenvalue weighted by atomic mass is 16.5. The second kappa shape index (κ2) is 8.27. The smallest absolute Gasteiger partial charge is 0.258 e. The Morgan fingerprint density at radius 1 is 1.23 bits per heavy atom. The maximum Gasteiger partial charge on any atom is 0.258 e. The second-order valence-corrected chi connectivity index (χ2v) is 7.85. The quantitative estimate of drug-likeness (QED) is 0.791. The zero-order valence-corrected chi connectivity index (χ0v) is 16.6. The van der Waals surface area contributed by atoms with Gasteiger partial charge < -0.3 is 20.7 Å². The van der Waals surface area contributed by atoms with Gasteiger partial charge in [0.2, 0.25) is 5.91 Å². The minimum atomic E-state index is -1.00. The van der Waals surface area contributed by atoms with E-state index in [0.717, 1.165) is 16.8 Å². The average molecular weight is 404 g/mol. The Hall–Kier alpha value is -3.21. The maximum atomic E-state index is 12.9. The van der Waals surface area contributed by atoms with Crippen LogP contribution in [-0.4, -0.2) is 36.6 Å². The van der Waals surface area contributed by atoms with Gasteiger partial charge in [-0.15, -0.1) is 0 Å². The molecule has 2 aliphatic rings. The van der Waals surface area contributed by atoms with E-state index >= 15 is 0 Å². The predicted molar refractivity (Wildman–Crippen MR) is 112 cm³/mol. The summed E-state index contributed by atoms with van der Waals surface area (Å²) in [5, 5.41) is 12.3. The average Bonchev–Trinajstić information content (AvgIpc) is 3.10. The molecule has 30 heavy (non-hydrogen) atoms. The highest BCUT2D eigenvalue weighted by Gasteiger charge is 2.37. The summed E-state index contributed by atoms with van der Waals surface area (Å²) in [6.45, 7) is 1.40. The van der Waals surface area contributed by atoms with Crippen LogP contribution in [0.15, 0.2) is 48.5 Å². The molecule has 2 aliphatic heterocycles. The van der Waals surface area contributed by atoms with E-state index in [1.807, 2.05) is 48.5 Å². The van der Waals surface area contributed by atoms with Crippen molar-refractivity contribution < 1.29 is 14.3 Å². The third-order valence-electron chi connectivity index (χ3n) is 5.78. The molecule has 0 radical (unpaired) electrons. The van der Waals surface area contributed by atoms with Gasteiger partial charge in [0, 0.05) is 30.9 Å². The highest BCUT2D eigenvalue weighted by molar-refractivity contribution is 6.10. The highest BCUT2D eigenvalue weighted by Crippen LogP contribution is 2.29. The first-order chi connectivity index (χ1) is 14.5. The number of nitrogens with zero attached hydrogens (tertiary/aromatic N) is 2. The lowest BCUT2D eigenvalue weighted by atomic mass is 9.90. The summed E-state index contributed by atoms with van der Waals surface area (Å²) in [5.74, 6) is -0.386. The van der Waals surface area contributed by atoms with E-state index in [4.69, 9.17) is 10.5 Å². The lowest BCUT2D eigenvalue weighted by molar-refractivity contribution is -0.130. The zero-order chi connectivity index (χ0) is 21.1. The minimum Gasteiger partial charge on any atom is -0.381 e. The van der Waals surface area contributed by atoms with E-state index in [9.17, 15) is 14.9 Å². The van der Waals surface area contributed by atoms with Gasteiger partial charge in [0.15, 0.2) is 0 Å². The van der Waals surface area contributed by atoms with Crippen LogP contribution in [0.3, 0.4) is 0 Å². The number of ether oxygens (including phenoxy) is 1. The molecule has 0 saturated carbocycles. The van der Waals surface area contributed by atoms with E-state index in [-0.39, 0.29) is 11.8 Å². The molecule has 154 valence electrons. The molecule has 2 heterocycles. The predicted octanol–water partition coefficient (Wildman–Crippen LogP) is 1.91. The fraction of sp³-hybridized carbons (Fsp3) is 0.348. The Balaban J connectivity index is 1.46. The van der Waals surface area contributed by atoms with E-state index in [1.165, 1.54) is 0 Å². The van der Waals surface area contributed by atoms with Gasteiger partial charge in [-0.05, 0) is 42.2 Å². The molecule has 1 fully saturated rings. The lowest BCUT2D eigenvalue weighted by Crippen LogP contribution is -2.58. The summed E-state index contributed by atoms with van der Waals surface area (Å²) >= 11 is 0. The summed E-state index contributed by atoms with van der Waals surface area (Å²) in [6, 6.07) is 16.6. The number of carbonyl (C=O) groups is 2. The number of anilines is 1. The first kappa shape index (κ1) is 20.1. The summed E-state index contributed by atoms with van der Waals surface area (Å²) < 4.78 is 5.27. The first-order valence-corrected chi connectivity index (χ1v) is 10.1. The molecule has 7 heteroatoms. The molecule has 4 rings (SSSR count). The van der Waals surface area contributed by atoms with Crippen LogP contribution in [0.4, 0.5) is 5.69 Å². The third kappa shape index (κ3) is 3.92. The van der Waals surface area contributed by atoms with Gasteiger partial charge in [0.1, 0.15) is 6.04 Å². The zero-order valence-electron chi connectivity index (χ0n) is 16.6. The Morgan fingerprint density at radius 2 is 1.97 bits per heavy atom. The Labute approximate surface area is 175 Å². The van der Waals surface area contributed by atoms with E-state index in [2.05, 4.69) is 11.4 Å². The first-order valence-electron chi connectivity index (χ1n) is 10.1. The second-order valence-electron chi connectivity index (χ2n) is 7.85. The molecule has 2 aromatic carbocycles. The summed E-state index contributed by atoms with van der Waals surface area (Å²) in [6.07, 6.45) is 1.17. The molecule has 2 amide bonds. The van der Waals surface area contributed by atoms with Crippen LogP contribution in [0.1, 0.15) is 34.3 Å². The molecule has 7 nitrogen and oxygen atoms in total. The van der Waals surface area contributed by atoms with E-state index in [1.54, 1.807) is 4.90 Å². The Morgan fingerprint density at radius 3 is 2.67 bits per heavy atom. The van der Waals surface area contributed by atoms with Gasteiger partial charge in [-0.1, -0.05) is 30.3 Å².